The number of hydrogen-bond donors (Lipinski definition) is 2. The van der Waals surface area contributed by atoms with Crippen LogP contribution in [0.25, 0.3) is 0 Å². The van der Waals surface area contributed by atoms with E-state index in [1.165, 1.54) is 0 Å². The van der Waals surface area contributed by atoms with E-state index in [0.717, 1.165) is 24.1 Å². The molecule has 2 aromatic rings. The van der Waals surface area contributed by atoms with E-state index in [-0.39, 0.29) is 4.90 Å². The molecule has 0 aliphatic rings. The number of benzene rings is 2. The van der Waals surface area contributed by atoms with E-state index in [0.29, 0.717) is 5.69 Å². The van der Waals surface area contributed by atoms with Crippen molar-refractivity contribution in [1.82, 2.24) is 5.32 Å². The highest BCUT2D eigenvalue weighted by Crippen LogP contribution is 2.17. The summed E-state index contributed by atoms with van der Waals surface area (Å²) in [6.07, 6.45) is 0.877. The first-order valence-electron chi connectivity index (χ1n) is 6.84. The predicted molar refractivity (Wildman–Crippen MR) is 86.1 cm³/mol. The molecule has 0 atom stereocenters. The second-order valence-electron chi connectivity index (χ2n) is 4.97. The van der Waals surface area contributed by atoms with Crippen molar-refractivity contribution in [2.75, 3.05) is 18.3 Å². The fourth-order valence-electron chi connectivity index (χ4n) is 2.03. The van der Waals surface area contributed by atoms with Crippen molar-refractivity contribution in [3.05, 3.63) is 59.7 Å². The molecule has 2 N–H and O–H groups in total. The molecule has 0 aliphatic heterocycles. The van der Waals surface area contributed by atoms with Crippen LogP contribution >= 0.6 is 0 Å². The third-order valence-corrected chi connectivity index (χ3v) is 4.56. The van der Waals surface area contributed by atoms with E-state index in [4.69, 9.17) is 0 Å². The molecule has 5 heteroatoms. The van der Waals surface area contributed by atoms with Gasteiger partial charge in [-0.2, -0.15) is 0 Å². The van der Waals surface area contributed by atoms with Crippen LogP contribution in [-0.4, -0.2) is 22.0 Å². The minimum absolute atomic E-state index is 0.275. The summed E-state index contributed by atoms with van der Waals surface area (Å²) in [4.78, 5) is 0.275. The molecule has 0 fully saturated rings. The van der Waals surface area contributed by atoms with Gasteiger partial charge in [0.2, 0.25) is 0 Å². The third-order valence-electron chi connectivity index (χ3n) is 3.17. The smallest absolute Gasteiger partial charge is 0.261 e. The molecule has 0 bridgehead atoms. The number of likely N-dealkylation sites (N-methyl/N-ethyl adjacent to an activating group) is 1. The van der Waals surface area contributed by atoms with Gasteiger partial charge < -0.3 is 5.32 Å². The second-order valence-corrected chi connectivity index (χ2v) is 6.65. The van der Waals surface area contributed by atoms with Crippen molar-refractivity contribution in [3.63, 3.8) is 0 Å². The van der Waals surface area contributed by atoms with Crippen molar-refractivity contribution in [2.45, 2.75) is 18.2 Å². The first-order chi connectivity index (χ1) is 10.0. The van der Waals surface area contributed by atoms with Gasteiger partial charge in [0.05, 0.1) is 4.90 Å². The first-order valence-corrected chi connectivity index (χ1v) is 8.32. The molecule has 0 saturated carbocycles. The van der Waals surface area contributed by atoms with Crippen LogP contribution in [0.1, 0.15) is 11.1 Å². The summed E-state index contributed by atoms with van der Waals surface area (Å²) in [5, 5.41) is 3.07. The Labute approximate surface area is 126 Å². The minimum atomic E-state index is -3.53. The van der Waals surface area contributed by atoms with Gasteiger partial charge >= 0.3 is 0 Å². The summed E-state index contributed by atoms with van der Waals surface area (Å²) in [6, 6.07) is 14.3. The molecule has 0 amide bonds. The standard InChI is InChI=1S/C16H20N2O2S/c1-13-4-3-5-15(12-13)18-21(19,20)16-8-6-14(7-9-16)10-11-17-2/h3-9,12,17-18H,10-11H2,1-2H3. The molecule has 2 aromatic carbocycles. The number of hydrogen-bond acceptors (Lipinski definition) is 3. The molecule has 0 heterocycles. The Bertz CT molecular complexity index is 694. The van der Waals surface area contributed by atoms with Crippen LogP contribution in [0.15, 0.2) is 53.4 Å². The SMILES string of the molecule is CNCCc1ccc(S(=O)(=O)Nc2cccc(C)c2)cc1. The first kappa shape index (κ1) is 15.5. The Hall–Kier alpha value is -1.85. The molecular weight excluding hydrogens is 284 g/mol. The lowest BCUT2D eigenvalue weighted by atomic mass is 10.1. The van der Waals surface area contributed by atoms with Gasteiger partial charge in [0.1, 0.15) is 0 Å². The largest absolute Gasteiger partial charge is 0.319 e. The fourth-order valence-corrected chi connectivity index (χ4v) is 3.08. The summed E-state index contributed by atoms with van der Waals surface area (Å²) in [5.74, 6) is 0. The monoisotopic (exact) mass is 304 g/mol. The maximum atomic E-state index is 12.3. The van der Waals surface area contributed by atoms with Gasteiger partial charge in [-0.15, -0.1) is 0 Å². The lowest BCUT2D eigenvalue weighted by Gasteiger charge is -2.09. The number of rotatable bonds is 6. The van der Waals surface area contributed by atoms with Crippen molar-refractivity contribution >= 4 is 15.7 Å². The maximum absolute atomic E-state index is 12.3. The normalized spacial score (nSPS) is 11.3. The van der Waals surface area contributed by atoms with Gasteiger partial charge in [-0.3, -0.25) is 4.72 Å². The highest BCUT2D eigenvalue weighted by atomic mass is 32.2. The Morgan fingerprint density at radius 3 is 2.38 bits per heavy atom. The lowest BCUT2D eigenvalue weighted by molar-refractivity contribution is 0.601. The zero-order valence-corrected chi connectivity index (χ0v) is 13.1. The lowest BCUT2D eigenvalue weighted by Crippen LogP contribution is -2.13. The van der Waals surface area contributed by atoms with Crippen LogP contribution in [0.3, 0.4) is 0 Å². The topological polar surface area (TPSA) is 58.2 Å². The molecule has 112 valence electrons. The van der Waals surface area contributed by atoms with E-state index in [2.05, 4.69) is 10.0 Å². The molecule has 0 radical (unpaired) electrons. The molecule has 0 unspecified atom stereocenters. The average Bonchev–Trinajstić information content (AvgIpc) is 2.45. The van der Waals surface area contributed by atoms with Crippen LogP contribution in [0, 0.1) is 6.92 Å². The summed E-state index contributed by atoms with van der Waals surface area (Å²) >= 11 is 0. The fraction of sp³-hybridized carbons (Fsp3) is 0.250. The highest BCUT2D eigenvalue weighted by molar-refractivity contribution is 7.92. The molecule has 0 spiro atoms. The second kappa shape index (κ2) is 6.74. The minimum Gasteiger partial charge on any atom is -0.319 e. The maximum Gasteiger partial charge on any atom is 0.261 e. The summed E-state index contributed by atoms with van der Waals surface area (Å²) in [7, 11) is -1.64. The predicted octanol–water partition coefficient (Wildman–Crippen LogP) is 2.56. The van der Waals surface area contributed by atoms with Crippen LogP contribution < -0.4 is 10.0 Å². The summed E-state index contributed by atoms with van der Waals surface area (Å²) < 4.78 is 27.2. The number of anilines is 1. The van der Waals surface area contributed by atoms with Gasteiger partial charge in [0, 0.05) is 5.69 Å². The van der Waals surface area contributed by atoms with Gasteiger partial charge in [-0.05, 0) is 62.3 Å². The van der Waals surface area contributed by atoms with E-state index in [1.54, 1.807) is 24.3 Å². The van der Waals surface area contributed by atoms with Crippen LogP contribution in [0.5, 0.6) is 0 Å². The van der Waals surface area contributed by atoms with Crippen LogP contribution in [0.2, 0.25) is 0 Å². The molecule has 21 heavy (non-hydrogen) atoms. The van der Waals surface area contributed by atoms with E-state index in [9.17, 15) is 8.42 Å². The van der Waals surface area contributed by atoms with Gasteiger partial charge in [-0.25, -0.2) is 8.42 Å². The van der Waals surface area contributed by atoms with E-state index < -0.39 is 10.0 Å². The van der Waals surface area contributed by atoms with Gasteiger partial charge in [0.15, 0.2) is 0 Å². The highest BCUT2D eigenvalue weighted by Gasteiger charge is 2.13. The van der Waals surface area contributed by atoms with Crippen LogP contribution in [-0.2, 0) is 16.4 Å². The van der Waals surface area contributed by atoms with Crippen molar-refractivity contribution in [2.24, 2.45) is 0 Å². The van der Waals surface area contributed by atoms with E-state index in [1.807, 2.05) is 38.2 Å². The van der Waals surface area contributed by atoms with Crippen molar-refractivity contribution < 1.29 is 8.42 Å². The van der Waals surface area contributed by atoms with Crippen molar-refractivity contribution in [1.29, 1.82) is 0 Å². The van der Waals surface area contributed by atoms with E-state index >= 15 is 0 Å². The number of sulfonamides is 1. The molecule has 0 saturated heterocycles. The summed E-state index contributed by atoms with van der Waals surface area (Å²) in [5.41, 5.74) is 2.70. The average molecular weight is 304 g/mol. The number of nitrogens with one attached hydrogen (secondary N) is 2. The Kier molecular flexibility index (Phi) is 4.98. The third kappa shape index (κ3) is 4.31. The molecule has 4 nitrogen and oxygen atoms in total. The number of aryl methyl sites for hydroxylation is 1. The van der Waals surface area contributed by atoms with Crippen LogP contribution in [0.4, 0.5) is 5.69 Å². The zero-order chi connectivity index (χ0) is 15.3. The Morgan fingerprint density at radius 1 is 1.05 bits per heavy atom. The molecular formula is C16H20N2O2S. The molecule has 0 aliphatic carbocycles. The van der Waals surface area contributed by atoms with Gasteiger partial charge in [-0.1, -0.05) is 24.3 Å². The summed E-state index contributed by atoms with van der Waals surface area (Å²) in [6.45, 7) is 2.79. The zero-order valence-electron chi connectivity index (χ0n) is 12.3. The Morgan fingerprint density at radius 2 is 1.76 bits per heavy atom. The van der Waals surface area contributed by atoms with Crippen molar-refractivity contribution in [3.8, 4) is 0 Å². The molecule has 2 rings (SSSR count). The molecule has 0 aromatic heterocycles. The Balaban J connectivity index is 2.15. The quantitative estimate of drug-likeness (QED) is 0.862. The van der Waals surface area contributed by atoms with Gasteiger partial charge in [0.25, 0.3) is 10.0 Å².